The van der Waals surface area contributed by atoms with E-state index in [-0.39, 0.29) is 18.7 Å². The van der Waals surface area contributed by atoms with E-state index >= 15 is 0 Å². The molecule has 7 nitrogen and oxygen atoms in total. The Labute approximate surface area is 184 Å². The lowest BCUT2D eigenvalue weighted by atomic mass is 10.0. The van der Waals surface area contributed by atoms with Crippen LogP contribution in [0.4, 0.5) is 0 Å². The molecule has 30 heavy (non-hydrogen) atoms. The molecule has 9 heteroatoms. The number of piperazine rings is 1. The second-order valence-corrected chi connectivity index (χ2v) is 7.78. The van der Waals surface area contributed by atoms with Gasteiger partial charge in [0.25, 0.3) is 5.91 Å². The third-order valence-corrected chi connectivity index (χ3v) is 5.89. The molecule has 0 saturated carbocycles. The summed E-state index contributed by atoms with van der Waals surface area (Å²) in [6.07, 6.45) is 0. The molecule has 1 saturated heterocycles. The summed E-state index contributed by atoms with van der Waals surface area (Å²) in [4.78, 5) is 29.2. The van der Waals surface area contributed by atoms with Gasteiger partial charge in [0.1, 0.15) is 6.04 Å². The summed E-state index contributed by atoms with van der Waals surface area (Å²) in [5.41, 5.74) is 1.13. The lowest BCUT2D eigenvalue weighted by molar-refractivity contribution is -0.148. The molecule has 2 aliphatic rings. The monoisotopic (exact) mass is 450 g/mol. The fourth-order valence-corrected chi connectivity index (χ4v) is 4.24. The molecule has 0 aliphatic carbocycles. The fraction of sp³-hybridized carbons (Fsp3) is 0.333. The predicted octanol–water partition coefficient (Wildman–Crippen LogP) is 3.39. The van der Waals surface area contributed by atoms with Crippen molar-refractivity contribution < 1.29 is 23.8 Å². The van der Waals surface area contributed by atoms with E-state index in [1.165, 1.54) is 7.11 Å². The number of esters is 1. The standard InChI is InChI=1S/C21H20Cl2N2O5/c1-28-21(27)18(14-4-2-3-5-15(14)22)24-6-8-25(9-7-24)20(26)13-10-16(23)19-17(11-13)29-12-30-19/h2-5,10-11,18H,6-9,12H2,1H3. The number of ether oxygens (including phenoxy) is 3. The third kappa shape index (κ3) is 3.93. The first-order valence-corrected chi connectivity index (χ1v) is 10.2. The number of fused-ring (bicyclic) bond motifs is 1. The van der Waals surface area contributed by atoms with Crippen LogP contribution in [0, 0.1) is 0 Å². The maximum absolute atomic E-state index is 13.0. The highest BCUT2D eigenvalue weighted by Gasteiger charge is 2.34. The van der Waals surface area contributed by atoms with Crippen LogP contribution in [0.3, 0.4) is 0 Å². The topological polar surface area (TPSA) is 68.3 Å². The third-order valence-electron chi connectivity index (χ3n) is 5.27. The van der Waals surface area contributed by atoms with Crippen molar-refractivity contribution in [1.82, 2.24) is 9.80 Å². The maximum atomic E-state index is 13.0. The summed E-state index contributed by atoms with van der Waals surface area (Å²) in [5.74, 6) is 0.389. The van der Waals surface area contributed by atoms with E-state index in [1.54, 1.807) is 23.1 Å². The number of hydrogen-bond donors (Lipinski definition) is 0. The van der Waals surface area contributed by atoms with E-state index in [4.69, 9.17) is 37.4 Å². The van der Waals surface area contributed by atoms with Crippen molar-refractivity contribution in [2.24, 2.45) is 0 Å². The van der Waals surface area contributed by atoms with Crippen LogP contribution in [0.2, 0.25) is 10.0 Å². The van der Waals surface area contributed by atoms with Gasteiger partial charge in [0.15, 0.2) is 11.5 Å². The normalized spacial score (nSPS) is 17.0. The van der Waals surface area contributed by atoms with Crippen LogP contribution in [-0.4, -0.2) is 61.8 Å². The van der Waals surface area contributed by atoms with Gasteiger partial charge in [-0.05, 0) is 23.8 Å². The number of amides is 1. The molecule has 2 heterocycles. The number of halogens is 2. The van der Waals surface area contributed by atoms with Crippen molar-refractivity contribution in [3.63, 3.8) is 0 Å². The molecule has 158 valence electrons. The fourth-order valence-electron chi connectivity index (χ4n) is 3.74. The highest BCUT2D eigenvalue weighted by molar-refractivity contribution is 6.32. The van der Waals surface area contributed by atoms with Crippen molar-refractivity contribution >= 4 is 35.1 Å². The summed E-state index contributed by atoms with van der Waals surface area (Å²) < 4.78 is 15.7. The van der Waals surface area contributed by atoms with Crippen molar-refractivity contribution in [3.05, 3.63) is 57.6 Å². The molecule has 2 aliphatic heterocycles. The quantitative estimate of drug-likeness (QED) is 0.664. The summed E-state index contributed by atoms with van der Waals surface area (Å²) in [7, 11) is 1.36. The van der Waals surface area contributed by atoms with Crippen LogP contribution in [0.5, 0.6) is 11.5 Å². The summed E-state index contributed by atoms with van der Waals surface area (Å²) in [6.45, 7) is 1.97. The van der Waals surface area contributed by atoms with Crippen molar-refractivity contribution in [2.75, 3.05) is 40.1 Å². The average Bonchev–Trinajstić information content (AvgIpc) is 3.24. The van der Waals surface area contributed by atoms with Crippen molar-refractivity contribution in [3.8, 4) is 11.5 Å². The van der Waals surface area contributed by atoms with Gasteiger partial charge in [-0.25, -0.2) is 4.79 Å². The number of nitrogens with zero attached hydrogens (tertiary/aromatic N) is 2. The predicted molar refractivity (Wildman–Crippen MR) is 111 cm³/mol. The van der Waals surface area contributed by atoms with Gasteiger partial charge in [0.05, 0.1) is 12.1 Å². The zero-order valence-electron chi connectivity index (χ0n) is 16.3. The Morgan fingerprint density at radius 3 is 2.47 bits per heavy atom. The lowest BCUT2D eigenvalue weighted by Crippen LogP contribution is -2.51. The molecule has 2 aromatic rings. The van der Waals surface area contributed by atoms with Crippen LogP contribution in [0.1, 0.15) is 22.0 Å². The van der Waals surface area contributed by atoms with Gasteiger partial charge < -0.3 is 19.1 Å². The van der Waals surface area contributed by atoms with Gasteiger partial charge in [-0.3, -0.25) is 9.69 Å². The molecule has 0 bridgehead atoms. The molecule has 1 atom stereocenters. The first-order valence-electron chi connectivity index (χ1n) is 9.44. The molecule has 1 fully saturated rings. The average molecular weight is 451 g/mol. The minimum absolute atomic E-state index is 0.0856. The zero-order valence-corrected chi connectivity index (χ0v) is 17.8. The molecule has 0 aromatic heterocycles. The van der Waals surface area contributed by atoms with E-state index in [0.717, 1.165) is 0 Å². The second-order valence-electron chi connectivity index (χ2n) is 6.97. The van der Waals surface area contributed by atoms with Gasteiger partial charge in [-0.15, -0.1) is 0 Å². The van der Waals surface area contributed by atoms with E-state index in [0.29, 0.717) is 58.9 Å². The number of carbonyl (C=O) groups excluding carboxylic acids is 2. The Kier molecular flexibility index (Phi) is 6.04. The summed E-state index contributed by atoms with van der Waals surface area (Å²) in [6, 6.07) is 9.81. The molecule has 1 unspecified atom stereocenters. The van der Waals surface area contributed by atoms with Crippen LogP contribution < -0.4 is 9.47 Å². The number of carbonyl (C=O) groups is 2. The van der Waals surface area contributed by atoms with E-state index in [9.17, 15) is 9.59 Å². The van der Waals surface area contributed by atoms with Gasteiger partial charge >= 0.3 is 5.97 Å². The smallest absolute Gasteiger partial charge is 0.327 e. The zero-order chi connectivity index (χ0) is 21.3. The molecule has 4 rings (SSSR count). The van der Waals surface area contributed by atoms with Crippen LogP contribution in [0.15, 0.2) is 36.4 Å². The number of methoxy groups -OCH3 is 1. The minimum atomic E-state index is -0.624. The Morgan fingerprint density at radius 2 is 1.77 bits per heavy atom. The molecular weight excluding hydrogens is 431 g/mol. The molecule has 0 N–H and O–H groups in total. The van der Waals surface area contributed by atoms with E-state index in [1.807, 2.05) is 23.1 Å². The van der Waals surface area contributed by atoms with E-state index < -0.39 is 6.04 Å². The first kappa shape index (κ1) is 20.8. The summed E-state index contributed by atoms with van der Waals surface area (Å²) in [5, 5.41) is 0.845. The Morgan fingerprint density at radius 1 is 1.03 bits per heavy atom. The Bertz CT molecular complexity index is 976. The minimum Gasteiger partial charge on any atom is -0.468 e. The van der Waals surface area contributed by atoms with Crippen LogP contribution in [-0.2, 0) is 9.53 Å². The highest BCUT2D eigenvalue weighted by atomic mass is 35.5. The second kappa shape index (κ2) is 8.71. The highest BCUT2D eigenvalue weighted by Crippen LogP contribution is 2.40. The molecule has 2 aromatic carbocycles. The van der Waals surface area contributed by atoms with Crippen LogP contribution >= 0.6 is 23.2 Å². The van der Waals surface area contributed by atoms with Crippen molar-refractivity contribution in [1.29, 1.82) is 0 Å². The van der Waals surface area contributed by atoms with E-state index in [2.05, 4.69) is 0 Å². The molecular formula is C21H20Cl2N2O5. The lowest BCUT2D eigenvalue weighted by Gasteiger charge is -2.38. The van der Waals surface area contributed by atoms with Gasteiger partial charge in [-0.1, -0.05) is 41.4 Å². The Balaban J connectivity index is 1.49. The van der Waals surface area contributed by atoms with Gasteiger partial charge in [0, 0.05) is 36.8 Å². The molecule has 1 amide bonds. The maximum Gasteiger partial charge on any atom is 0.327 e. The number of rotatable bonds is 4. The summed E-state index contributed by atoms with van der Waals surface area (Å²) >= 11 is 12.5. The van der Waals surface area contributed by atoms with Crippen molar-refractivity contribution in [2.45, 2.75) is 6.04 Å². The van der Waals surface area contributed by atoms with Gasteiger partial charge in [0.2, 0.25) is 6.79 Å². The SMILES string of the molecule is COC(=O)C(c1ccccc1Cl)N1CCN(C(=O)c2cc(Cl)c3c(c2)OCO3)CC1. The molecule has 0 spiro atoms. The van der Waals surface area contributed by atoms with Crippen LogP contribution in [0.25, 0.3) is 0 Å². The Hall–Kier alpha value is -2.48. The molecule has 0 radical (unpaired) electrons. The van der Waals surface area contributed by atoms with Gasteiger partial charge in [-0.2, -0.15) is 0 Å². The first-order chi connectivity index (χ1) is 14.5. The number of benzene rings is 2. The largest absolute Gasteiger partial charge is 0.468 e. The number of hydrogen-bond acceptors (Lipinski definition) is 6.